The fourth-order valence-electron chi connectivity index (χ4n) is 3.17. The van der Waals surface area contributed by atoms with Crippen LogP contribution in [0.15, 0.2) is 60.7 Å². The Kier molecular flexibility index (Phi) is 6.91. The first-order valence-corrected chi connectivity index (χ1v) is 8.83. The molecule has 1 fully saturated rings. The summed E-state index contributed by atoms with van der Waals surface area (Å²) >= 11 is 0. The molecule has 0 radical (unpaired) electrons. The summed E-state index contributed by atoms with van der Waals surface area (Å²) < 4.78 is 17.9. The van der Waals surface area contributed by atoms with Crippen molar-refractivity contribution in [1.82, 2.24) is 0 Å². The molecule has 0 unspecified atom stereocenters. The van der Waals surface area contributed by atoms with Crippen LogP contribution < -0.4 is 0 Å². The smallest absolute Gasteiger partial charge is 0.122 e. The maximum atomic E-state index is 11.0. The minimum Gasteiger partial charge on any atom is -0.394 e. The third kappa shape index (κ3) is 4.77. The summed E-state index contributed by atoms with van der Waals surface area (Å²) in [7, 11) is 0. The summed E-state index contributed by atoms with van der Waals surface area (Å²) in [6, 6.07) is 19.6. The second-order valence-corrected chi connectivity index (χ2v) is 6.32. The lowest BCUT2D eigenvalue weighted by Crippen LogP contribution is -2.38. The molecule has 138 valence electrons. The van der Waals surface area contributed by atoms with Crippen molar-refractivity contribution in [3.8, 4) is 0 Å². The van der Waals surface area contributed by atoms with E-state index in [1.165, 1.54) is 0 Å². The number of benzene rings is 2. The molecule has 2 aromatic rings. The molecule has 4 atom stereocenters. The molecule has 1 aliphatic rings. The molecule has 3 rings (SSSR count). The van der Waals surface area contributed by atoms with Gasteiger partial charge in [-0.3, -0.25) is 0 Å². The molecular weight excluding hydrogens is 332 g/mol. The van der Waals surface area contributed by atoms with E-state index in [9.17, 15) is 9.90 Å². The van der Waals surface area contributed by atoms with Crippen molar-refractivity contribution in [3.05, 3.63) is 71.8 Å². The van der Waals surface area contributed by atoms with Crippen molar-refractivity contribution < 1.29 is 24.1 Å². The zero-order chi connectivity index (χ0) is 18.2. The van der Waals surface area contributed by atoms with Crippen LogP contribution in [-0.4, -0.2) is 42.4 Å². The molecule has 0 spiro atoms. The zero-order valence-corrected chi connectivity index (χ0v) is 14.6. The quantitative estimate of drug-likeness (QED) is 0.700. The monoisotopic (exact) mass is 356 g/mol. The van der Waals surface area contributed by atoms with Crippen molar-refractivity contribution >= 4 is 6.29 Å². The average Bonchev–Trinajstić information content (AvgIpc) is 3.03. The standard InChI is InChI=1S/C21H24O5/c22-12-11-18-20(24-14-16-7-3-1-4-8-16)21(19(13-23)26-18)25-15-17-9-5-2-6-10-17/h1-10,12,18-21,23H,11,13-15H2/t18-,19-,20+,21-/m1/s1. The first-order valence-electron chi connectivity index (χ1n) is 8.83. The predicted molar refractivity (Wildman–Crippen MR) is 96.5 cm³/mol. The molecule has 0 aliphatic carbocycles. The highest BCUT2D eigenvalue weighted by Crippen LogP contribution is 2.29. The first kappa shape index (κ1) is 18.7. The van der Waals surface area contributed by atoms with E-state index in [0.717, 1.165) is 17.4 Å². The second kappa shape index (κ2) is 9.59. The van der Waals surface area contributed by atoms with Gasteiger partial charge >= 0.3 is 0 Å². The topological polar surface area (TPSA) is 65.0 Å². The Labute approximate surface area is 153 Å². The molecule has 0 aromatic heterocycles. The van der Waals surface area contributed by atoms with Crippen LogP contribution in [-0.2, 0) is 32.2 Å². The van der Waals surface area contributed by atoms with Crippen LogP contribution >= 0.6 is 0 Å². The number of aldehydes is 1. The van der Waals surface area contributed by atoms with Gasteiger partial charge in [0.15, 0.2) is 0 Å². The molecule has 1 saturated heterocycles. The zero-order valence-electron chi connectivity index (χ0n) is 14.6. The van der Waals surface area contributed by atoms with E-state index >= 15 is 0 Å². The lowest BCUT2D eigenvalue weighted by atomic mass is 10.1. The molecule has 1 aliphatic heterocycles. The number of ether oxygens (including phenoxy) is 3. The fourth-order valence-corrected chi connectivity index (χ4v) is 3.17. The van der Waals surface area contributed by atoms with E-state index in [1.54, 1.807) is 0 Å². The van der Waals surface area contributed by atoms with Crippen molar-refractivity contribution in [3.63, 3.8) is 0 Å². The highest BCUT2D eigenvalue weighted by atomic mass is 16.6. The third-order valence-electron chi connectivity index (χ3n) is 4.49. The van der Waals surface area contributed by atoms with Gasteiger partial charge in [0.25, 0.3) is 0 Å². The minimum absolute atomic E-state index is 0.181. The van der Waals surface area contributed by atoms with Crippen LogP contribution in [0.1, 0.15) is 17.5 Å². The van der Waals surface area contributed by atoms with Gasteiger partial charge in [0.2, 0.25) is 0 Å². The van der Waals surface area contributed by atoms with Gasteiger partial charge < -0.3 is 24.1 Å². The van der Waals surface area contributed by atoms with Crippen LogP contribution in [0.3, 0.4) is 0 Å². The Morgan fingerprint density at radius 2 is 1.35 bits per heavy atom. The van der Waals surface area contributed by atoms with Crippen LogP contribution in [0, 0.1) is 0 Å². The summed E-state index contributed by atoms with van der Waals surface area (Å²) in [6.07, 6.45) is -0.757. The number of rotatable bonds is 9. The highest BCUT2D eigenvalue weighted by Gasteiger charge is 2.45. The minimum atomic E-state index is -0.510. The summed E-state index contributed by atoms with van der Waals surface area (Å²) in [6.45, 7) is 0.609. The highest BCUT2D eigenvalue weighted by molar-refractivity contribution is 5.50. The van der Waals surface area contributed by atoms with Gasteiger partial charge in [0.05, 0.1) is 25.9 Å². The van der Waals surface area contributed by atoms with Gasteiger partial charge in [0, 0.05) is 6.42 Å². The maximum absolute atomic E-state index is 11.0. The van der Waals surface area contributed by atoms with E-state index in [1.807, 2.05) is 60.7 Å². The molecule has 26 heavy (non-hydrogen) atoms. The second-order valence-electron chi connectivity index (χ2n) is 6.32. The van der Waals surface area contributed by atoms with Crippen LogP contribution in [0.2, 0.25) is 0 Å². The van der Waals surface area contributed by atoms with E-state index in [0.29, 0.717) is 13.2 Å². The Hall–Kier alpha value is -2.05. The molecule has 5 heteroatoms. The molecule has 0 amide bonds. The van der Waals surface area contributed by atoms with Gasteiger partial charge in [-0.2, -0.15) is 0 Å². The maximum Gasteiger partial charge on any atom is 0.122 e. The molecule has 0 saturated carbocycles. The summed E-state index contributed by atoms with van der Waals surface area (Å²) in [4.78, 5) is 11.0. The van der Waals surface area contributed by atoms with Gasteiger partial charge in [-0.25, -0.2) is 0 Å². The number of carbonyl (C=O) groups excluding carboxylic acids is 1. The number of aliphatic hydroxyl groups excluding tert-OH is 1. The summed E-state index contributed by atoms with van der Waals surface area (Å²) in [5.74, 6) is 0. The van der Waals surface area contributed by atoms with Crippen LogP contribution in [0.25, 0.3) is 0 Å². The van der Waals surface area contributed by atoms with E-state index in [4.69, 9.17) is 14.2 Å². The Morgan fingerprint density at radius 1 is 0.846 bits per heavy atom. The molecule has 2 aromatic carbocycles. The summed E-state index contributed by atoms with van der Waals surface area (Å²) in [5.41, 5.74) is 2.07. The van der Waals surface area contributed by atoms with Gasteiger partial charge in [-0.15, -0.1) is 0 Å². The van der Waals surface area contributed by atoms with Gasteiger partial charge in [0.1, 0.15) is 24.6 Å². The third-order valence-corrected chi connectivity index (χ3v) is 4.49. The van der Waals surface area contributed by atoms with Crippen LogP contribution in [0.4, 0.5) is 0 Å². The number of carbonyl (C=O) groups is 1. The largest absolute Gasteiger partial charge is 0.394 e. The van der Waals surface area contributed by atoms with Gasteiger partial charge in [-0.05, 0) is 11.1 Å². The lowest BCUT2D eigenvalue weighted by Gasteiger charge is -2.24. The van der Waals surface area contributed by atoms with Crippen LogP contribution in [0.5, 0.6) is 0 Å². The van der Waals surface area contributed by atoms with Gasteiger partial charge in [-0.1, -0.05) is 60.7 Å². The summed E-state index contributed by atoms with van der Waals surface area (Å²) in [5, 5.41) is 9.67. The van der Waals surface area contributed by atoms with E-state index in [-0.39, 0.29) is 13.0 Å². The first-order chi connectivity index (χ1) is 12.8. The fraction of sp³-hybridized carbons (Fsp3) is 0.381. The Bertz CT molecular complexity index is 661. The van der Waals surface area contributed by atoms with E-state index < -0.39 is 24.4 Å². The van der Waals surface area contributed by atoms with E-state index in [2.05, 4.69) is 0 Å². The molecular formula is C21H24O5. The SMILES string of the molecule is O=CC[C@H]1O[C@H](CO)[C@@H](OCc2ccccc2)[C@H]1OCc1ccccc1. The molecule has 0 bridgehead atoms. The number of aliphatic hydroxyl groups is 1. The van der Waals surface area contributed by atoms with Crippen molar-refractivity contribution in [2.75, 3.05) is 6.61 Å². The average molecular weight is 356 g/mol. The lowest BCUT2D eigenvalue weighted by molar-refractivity contribution is -0.113. The Balaban J connectivity index is 1.69. The Morgan fingerprint density at radius 3 is 1.81 bits per heavy atom. The number of hydrogen-bond acceptors (Lipinski definition) is 5. The molecule has 5 nitrogen and oxygen atoms in total. The molecule has 1 N–H and O–H groups in total. The molecule has 1 heterocycles. The predicted octanol–water partition coefficient (Wildman–Crippen LogP) is 2.51. The van der Waals surface area contributed by atoms with Crippen molar-refractivity contribution in [1.29, 1.82) is 0 Å². The number of hydrogen-bond donors (Lipinski definition) is 1. The normalized spacial score (nSPS) is 25.3. The van der Waals surface area contributed by atoms with Crippen molar-refractivity contribution in [2.24, 2.45) is 0 Å². The van der Waals surface area contributed by atoms with Crippen molar-refractivity contribution in [2.45, 2.75) is 44.1 Å².